The minimum atomic E-state index is -1.93. The highest BCUT2D eigenvalue weighted by molar-refractivity contribution is 5.87. The number of pyridine rings is 1. The van der Waals surface area contributed by atoms with Crippen molar-refractivity contribution >= 4 is 11.0 Å². The molecule has 0 bridgehead atoms. The smallest absolute Gasteiger partial charge is 0.205 e. The van der Waals surface area contributed by atoms with Gasteiger partial charge < -0.3 is 14.2 Å². The van der Waals surface area contributed by atoms with Gasteiger partial charge in [-0.2, -0.15) is 0 Å². The van der Waals surface area contributed by atoms with Gasteiger partial charge in [-0.3, -0.25) is 4.98 Å². The molecule has 4 aromatic rings. The van der Waals surface area contributed by atoms with Crippen molar-refractivity contribution in [1.82, 2.24) is 20.1 Å². The first-order chi connectivity index (χ1) is 16.5. The van der Waals surface area contributed by atoms with E-state index in [2.05, 4.69) is 15.1 Å². The second-order valence-corrected chi connectivity index (χ2v) is 10.3. The van der Waals surface area contributed by atoms with Gasteiger partial charge in [0, 0.05) is 23.2 Å². The molecule has 0 amide bonds. The van der Waals surface area contributed by atoms with E-state index >= 15 is 4.39 Å². The third-order valence-corrected chi connectivity index (χ3v) is 7.83. The molecule has 6 nitrogen and oxygen atoms in total. The SMILES string of the molecule is Cc1noc(C)c1-c1cc([C@](F)(c2ccccn2)C2CCC3(CC3)O2)c2nc(C3CC3)[nH]c2c1. The number of H-pyrrole nitrogens is 1. The maximum atomic E-state index is 17.8. The molecule has 1 saturated heterocycles. The van der Waals surface area contributed by atoms with Crippen molar-refractivity contribution in [3.05, 3.63) is 65.1 Å². The molecule has 7 rings (SSSR count). The predicted octanol–water partition coefficient (Wildman–Crippen LogP) is 6.03. The van der Waals surface area contributed by atoms with Crippen molar-refractivity contribution in [2.75, 3.05) is 0 Å². The summed E-state index contributed by atoms with van der Waals surface area (Å²) in [5.41, 5.74) is 2.80. The number of aromatic amines is 1. The Balaban J connectivity index is 1.50. The number of hydrogen-bond donors (Lipinski definition) is 1. The predicted molar refractivity (Wildman–Crippen MR) is 125 cm³/mol. The number of aryl methyl sites for hydroxylation is 2. The first-order valence-corrected chi connectivity index (χ1v) is 12.2. The number of ether oxygens (including phenoxy) is 1. The normalized spacial score (nSPS) is 23.0. The maximum Gasteiger partial charge on any atom is 0.205 e. The Morgan fingerprint density at radius 1 is 1.12 bits per heavy atom. The number of halogens is 1. The number of rotatable bonds is 5. The molecule has 1 aromatic carbocycles. The fraction of sp³-hybridized carbons (Fsp3) is 0.444. The van der Waals surface area contributed by atoms with Gasteiger partial charge in [-0.15, -0.1) is 0 Å². The molecule has 2 atom stereocenters. The van der Waals surface area contributed by atoms with Crippen LogP contribution in [0, 0.1) is 13.8 Å². The van der Waals surface area contributed by atoms with Crippen LogP contribution < -0.4 is 0 Å². The van der Waals surface area contributed by atoms with Crippen LogP contribution in [0.1, 0.15) is 73.0 Å². The second kappa shape index (κ2) is 6.98. The topological polar surface area (TPSA) is 76.8 Å². The number of benzene rings is 1. The zero-order chi connectivity index (χ0) is 23.1. The first kappa shape index (κ1) is 20.3. The van der Waals surface area contributed by atoms with E-state index in [1.54, 1.807) is 12.3 Å². The van der Waals surface area contributed by atoms with Crippen LogP contribution in [-0.4, -0.2) is 31.8 Å². The van der Waals surface area contributed by atoms with E-state index in [9.17, 15) is 0 Å². The summed E-state index contributed by atoms with van der Waals surface area (Å²) in [6, 6.07) is 9.39. The number of hydrogen-bond acceptors (Lipinski definition) is 5. The number of aromatic nitrogens is 4. The van der Waals surface area contributed by atoms with Gasteiger partial charge in [0.25, 0.3) is 0 Å². The standard InChI is InChI=1S/C27H27FN4O2/c1-15-23(16(2)34-32-15)18-13-19(24-20(14-18)30-25(31-24)17-6-7-17)27(28,21-5-3-4-12-29-21)22-8-9-26(33-22)10-11-26/h3-5,12-14,17,22H,6-11H2,1-2H3,(H,30,31)/t22?,27-/m0/s1. The second-order valence-electron chi connectivity index (χ2n) is 10.3. The summed E-state index contributed by atoms with van der Waals surface area (Å²) in [5, 5.41) is 4.14. The van der Waals surface area contributed by atoms with Crippen LogP contribution in [0.2, 0.25) is 0 Å². The van der Waals surface area contributed by atoms with E-state index in [0.29, 0.717) is 34.9 Å². The highest BCUT2D eigenvalue weighted by Crippen LogP contribution is 2.56. The van der Waals surface area contributed by atoms with Crippen molar-refractivity contribution in [3.63, 3.8) is 0 Å². The van der Waals surface area contributed by atoms with Gasteiger partial charge >= 0.3 is 0 Å². The van der Waals surface area contributed by atoms with Crippen molar-refractivity contribution < 1.29 is 13.7 Å². The molecule has 2 aliphatic carbocycles. The molecule has 2 saturated carbocycles. The van der Waals surface area contributed by atoms with Gasteiger partial charge in [0.1, 0.15) is 17.7 Å². The lowest BCUT2D eigenvalue weighted by atomic mass is 9.82. The number of nitrogens with zero attached hydrogens (tertiary/aromatic N) is 3. The summed E-state index contributed by atoms with van der Waals surface area (Å²) in [6.07, 6.45) is 6.81. The van der Waals surface area contributed by atoms with E-state index in [1.807, 2.05) is 38.1 Å². The first-order valence-electron chi connectivity index (χ1n) is 12.2. The average Bonchev–Trinajstić information content (AvgIpc) is 3.71. The van der Waals surface area contributed by atoms with Crippen LogP contribution in [0.3, 0.4) is 0 Å². The van der Waals surface area contributed by atoms with Gasteiger partial charge in [0.05, 0.1) is 28.0 Å². The Morgan fingerprint density at radius 2 is 1.97 bits per heavy atom. The summed E-state index contributed by atoms with van der Waals surface area (Å²) in [6.45, 7) is 3.80. The van der Waals surface area contributed by atoms with Crippen LogP contribution in [-0.2, 0) is 10.4 Å². The van der Waals surface area contributed by atoms with Gasteiger partial charge in [-0.05, 0) is 82.2 Å². The van der Waals surface area contributed by atoms with E-state index in [1.165, 1.54) is 0 Å². The minimum Gasteiger partial charge on any atom is -0.368 e. The Kier molecular flexibility index (Phi) is 4.17. The summed E-state index contributed by atoms with van der Waals surface area (Å²) < 4.78 is 29.7. The van der Waals surface area contributed by atoms with Crippen molar-refractivity contribution in [1.29, 1.82) is 0 Å². The van der Waals surface area contributed by atoms with Crippen LogP contribution >= 0.6 is 0 Å². The monoisotopic (exact) mass is 458 g/mol. The fourth-order valence-corrected chi connectivity index (χ4v) is 5.66. The molecular formula is C27H27FN4O2. The van der Waals surface area contributed by atoms with Crippen molar-refractivity contribution in [2.24, 2.45) is 0 Å². The van der Waals surface area contributed by atoms with E-state index in [4.69, 9.17) is 14.2 Å². The molecule has 0 radical (unpaired) electrons. The molecule has 7 heteroatoms. The van der Waals surface area contributed by atoms with Gasteiger partial charge in [0.15, 0.2) is 0 Å². The summed E-state index contributed by atoms with van der Waals surface area (Å²) in [4.78, 5) is 12.9. The Bertz CT molecular complexity index is 1380. The fourth-order valence-electron chi connectivity index (χ4n) is 5.66. The van der Waals surface area contributed by atoms with Gasteiger partial charge in [-0.25, -0.2) is 9.37 Å². The Hall–Kier alpha value is -3.06. The van der Waals surface area contributed by atoms with Crippen molar-refractivity contribution in [2.45, 2.75) is 75.7 Å². The van der Waals surface area contributed by atoms with Crippen LogP contribution in [0.15, 0.2) is 41.1 Å². The van der Waals surface area contributed by atoms with Crippen molar-refractivity contribution in [3.8, 4) is 11.1 Å². The van der Waals surface area contributed by atoms with Crippen LogP contribution in [0.4, 0.5) is 4.39 Å². The lowest BCUT2D eigenvalue weighted by Gasteiger charge is -2.32. The van der Waals surface area contributed by atoms with Gasteiger partial charge in [-0.1, -0.05) is 11.2 Å². The molecule has 3 fully saturated rings. The third-order valence-electron chi connectivity index (χ3n) is 7.83. The van der Waals surface area contributed by atoms with E-state index in [-0.39, 0.29) is 5.60 Å². The molecule has 1 spiro atoms. The average molecular weight is 459 g/mol. The summed E-state index contributed by atoms with van der Waals surface area (Å²) in [7, 11) is 0. The zero-order valence-corrected chi connectivity index (χ0v) is 19.4. The lowest BCUT2D eigenvalue weighted by molar-refractivity contribution is -0.0521. The summed E-state index contributed by atoms with van der Waals surface area (Å²) in [5.74, 6) is 2.06. The molecule has 34 heavy (non-hydrogen) atoms. The largest absolute Gasteiger partial charge is 0.368 e. The molecular weight excluding hydrogens is 431 g/mol. The number of alkyl halides is 1. The molecule has 3 aliphatic rings. The van der Waals surface area contributed by atoms with Crippen LogP contribution in [0.25, 0.3) is 22.2 Å². The molecule has 1 N–H and O–H groups in total. The van der Waals surface area contributed by atoms with Gasteiger partial charge in [0.2, 0.25) is 5.67 Å². The highest BCUT2D eigenvalue weighted by atomic mass is 19.1. The maximum absolute atomic E-state index is 17.8. The molecule has 1 aliphatic heterocycles. The third kappa shape index (κ3) is 2.99. The lowest BCUT2D eigenvalue weighted by Crippen LogP contribution is -2.38. The van der Waals surface area contributed by atoms with Crippen LogP contribution in [0.5, 0.6) is 0 Å². The van der Waals surface area contributed by atoms with E-state index < -0.39 is 11.8 Å². The van der Waals surface area contributed by atoms with E-state index in [0.717, 1.165) is 60.3 Å². The Morgan fingerprint density at radius 3 is 2.62 bits per heavy atom. The molecule has 4 heterocycles. The number of imidazole rings is 1. The summed E-state index contributed by atoms with van der Waals surface area (Å²) >= 11 is 0. The molecule has 3 aromatic heterocycles. The zero-order valence-electron chi connectivity index (χ0n) is 19.4. The highest BCUT2D eigenvalue weighted by Gasteiger charge is 2.58. The Labute approximate surface area is 196 Å². The molecule has 1 unspecified atom stereocenters. The minimum absolute atomic E-state index is 0.153. The quantitative estimate of drug-likeness (QED) is 0.395. The number of fused-ring (bicyclic) bond motifs is 1. The number of nitrogens with one attached hydrogen (secondary N) is 1. The molecule has 174 valence electrons.